The third-order valence-electron chi connectivity index (χ3n) is 3.88. The van der Waals surface area contributed by atoms with Crippen molar-refractivity contribution < 1.29 is 9.53 Å². The van der Waals surface area contributed by atoms with Gasteiger partial charge in [0.25, 0.3) is 5.91 Å². The second-order valence-corrected chi connectivity index (χ2v) is 6.20. The summed E-state index contributed by atoms with van der Waals surface area (Å²) in [6.45, 7) is 6.87. The molecule has 2 aromatic rings. The predicted octanol–water partition coefficient (Wildman–Crippen LogP) is 2.34. The fraction of sp³-hybridized carbons (Fsp3) is 0.389. The molecule has 1 saturated heterocycles. The number of amides is 1. The zero-order chi connectivity index (χ0) is 16.9. The van der Waals surface area contributed by atoms with E-state index in [1.165, 1.54) is 12.4 Å². The Morgan fingerprint density at radius 3 is 2.79 bits per heavy atom. The highest BCUT2D eigenvalue weighted by Crippen LogP contribution is 2.17. The van der Waals surface area contributed by atoms with Crippen LogP contribution in [0.1, 0.15) is 29.9 Å². The van der Waals surface area contributed by atoms with Gasteiger partial charge in [-0.25, -0.2) is 4.98 Å². The molecule has 6 heteroatoms. The topological polar surface area (TPSA) is 67.4 Å². The molecule has 1 amide bonds. The van der Waals surface area contributed by atoms with Crippen molar-refractivity contribution in [3.8, 4) is 0 Å². The van der Waals surface area contributed by atoms with Crippen LogP contribution >= 0.6 is 0 Å². The van der Waals surface area contributed by atoms with Crippen LogP contribution in [0.3, 0.4) is 0 Å². The lowest BCUT2D eigenvalue weighted by molar-refractivity contribution is -0.0704. The SMILES string of the molecule is C[C@H]1CN(Cc2cccc(NC(=O)c3cnccn3)c2)C[C@H](C)O1. The second-order valence-electron chi connectivity index (χ2n) is 6.20. The molecule has 1 aliphatic rings. The van der Waals surface area contributed by atoms with E-state index in [0.29, 0.717) is 5.69 Å². The number of ether oxygens (including phenoxy) is 1. The summed E-state index contributed by atoms with van der Waals surface area (Å²) >= 11 is 0. The number of nitrogens with one attached hydrogen (secondary N) is 1. The van der Waals surface area contributed by atoms with Crippen molar-refractivity contribution in [1.82, 2.24) is 14.9 Å². The Bertz CT molecular complexity index is 682. The standard InChI is InChI=1S/C18H22N4O2/c1-13-10-22(11-14(2)24-13)12-15-4-3-5-16(8-15)21-18(23)17-9-19-6-7-20-17/h3-9,13-14H,10-12H2,1-2H3,(H,21,23)/t13-,14-/m0/s1. The van der Waals surface area contributed by atoms with Crippen LogP contribution in [0, 0.1) is 0 Å². The highest BCUT2D eigenvalue weighted by atomic mass is 16.5. The first-order valence-corrected chi connectivity index (χ1v) is 8.14. The molecule has 0 aliphatic carbocycles. The number of nitrogens with zero attached hydrogens (tertiary/aromatic N) is 3. The van der Waals surface area contributed by atoms with Crippen LogP contribution in [0.15, 0.2) is 42.9 Å². The fourth-order valence-electron chi connectivity index (χ4n) is 3.03. The number of aromatic nitrogens is 2. The van der Waals surface area contributed by atoms with Gasteiger partial charge in [-0.15, -0.1) is 0 Å². The van der Waals surface area contributed by atoms with E-state index in [1.807, 2.05) is 18.2 Å². The zero-order valence-corrected chi connectivity index (χ0v) is 14.0. The molecule has 1 aromatic heterocycles. The number of carbonyl (C=O) groups is 1. The van der Waals surface area contributed by atoms with Gasteiger partial charge in [-0.3, -0.25) is 14.7 Å². The highest BCUT2D eigenvalue weighted by Gasteiger charge is 2.22. The minimum atomic E-state index is -0.256. The molecule has 0 spiro atoms. The van der Waals surface area contributed by atoms with Crippen LogP contribution in [0.25, 0.3) is 0 Å². The Hall–Kier alpha value is -2.31. The molecule has 0 unspecified atom stereocenters. The van der Waals surface area contributed by atoms with E-state index in [0.717, 1.165) is 30.9 Å². The molecule has 2 atom stereocenters. The Kier molecular flexibility index (Phi) is 5.17. The molecule has 1 fully saturated rings. The Labute approximate surface area is 141 Å². The van der Waals surface area contributed by atoms with E-state index in [1.54, 1.807) is 6.20 Å². The van der Waals surface area contributed by atoms with Gasteiger partial charge in [0.15, 0.2) is 0 Å². The minimum absolute atomic E-state index is 0.244. The number of hydrogen-bond acceptors (Lipinski definition) is 5. The van der Waals surface area contributed by atoms with Crippen LogP contribution in [0.5, 0.6) is 0 Å². The summed E-state index contributed by atoms with van der Waals surface area (Å²) in [6.07, 6.45) is 4.99. The highest BCUT2D eigenvalue weighted by molar-refractivity contribution is 6.02. The summed E-state index contributed by atoms with van der Waals surface area (Å²) in [4.78, 5) is 22.5. The molecule has 1 aromatic carbocycles. The number of benzene rings is 1. The molecule has 0 saturated carbocycles. The van der Waals surface area contributed by atoms with E-state index < -0.39 is 0 Å². The minimum Gasteiger partial charge on any atom is -0.373 e. The van der Waals surface area contributed by atoms with Crippen molar-refractivity contribution in [2.75, 3.05) is 18.4 Å². The van der Waals surface area contributed by atoms with Crippen molar-refractivity contribution in [1.29, 1.82) is 0 Å². The van der Waals surface area contributed by atoms with Crippen LogP contribution in [-0.4, -0.2) is 46.1 Å². The first-order chi connectivity index (χ1) is 11.6. The number of carbonyl (C=O) groups excluding carboxylic acids is 1. The van der Waals surface area contributed by atoms with Gasteiger partial charge in [-0.2, -0.15) is 0 Å². The number of hydrogen-bond donors (Lipinski definition) is 1. The Morgan fingerprint density at radius 2 is 2.08 bits per heavy atom. The van der Waals surface area contributed by atoms with Gasteiger partial charge < -0.3 is 10.1 Å². The van der Waals surface area contributed by atoms with E-state index in [-0.39, 0.29) is 18.1 Å². The Balaban J connectivity index is 1.65. The number of rotatable bonds is 4. The van der Waals surface area contributed by atoms with Crippen molar-refractivity contribution in [2.45, 2.75) is 32.6 Å². The maximum absolute atomic E-state index is 12.2. The summed E-state index contributed by atoms with van der Waals surface area (Å²) in [6, 6.07) is 7.90. The van der Waals surface area contributed by atoms with Gasteiger partial charge >= 0.3 is 0 Å². The summed E-state index contributed by atoms with van der Waals surface area (Å²) < 4.78 is 5.77. The molecule has 24 heavy (non-hydrogen) atoms. The summed E-state index contributed by atoms with van der Waals surface area (Å²) in [7, 11) is 0. The van der Waals surface area contributed by atoms with E-state index in [4.69, 9.17) is 4.74 Å². The molecule has 1 N–H and O–H groups in total. The van der Waals surface area contributed by atoms with Crippen molar-refractivity contribution in [3.05, 3.63) is 54.1 Å². The van der Waals surface area contributed by atoms with Crippen LogP contribution in [0.2, 0.25) is 0 Å². The average Bonchev–Trinajstić information content (AvgIpc) is 2.55. The summed E-state index contributed by atoms with van der Waals surface area (Å²) in [5, 5.41) is 2.87. The molecular weight excluding hydrogens is 304 g/mol. The van der Waals surface area contributed by atoms with E-state index in [9.17, 15) is 4.79 Å². The third kappa shape index (κ3) is 4.37. The van der Waals surface area contributed by atoms with E-state index in [2.05, 4.69) is 40.1 Å². The lowest BCUT2D eigenvalue weighted by atomic mass is 10.1. The second kappa shape index (κ2) is 7.51. The lowest BCUT2D eigenvalue weighted by Gasteiger charge is -2.35. The largest absolute Gasteiger partial charge is 0.373 e. The molecular formula is C18H22N4O2. The van der Waals surface area contributed by atoms with Crippen molar-refractivity contribution >= 4 is 11.6 Å². The third-order valence-corrected chi connectivity index (χ3v) is 3.88. The smallest absolute Gasteiger partial charge is 0.275 e. The molecule has 0 radical (unpaired) electrons. The van der Waals surface area contributed by atoms with Gasteiger partial charge in [0.05, 0.1) is 18.4 Å². The molecule has 6 nitrogen and oxygen atoms in total. The molecule has 126 valence electrons. The zero-order valence-electron chi connectivity index (χ0n) is 14.0. The number of anilines is 1. The van der Waals surface area contributed by atoms with Gasteiger partial charge in [-0.1, -0.05) is 12.1 Å². The maximum atomic E-state index is 12.2. The van der Waals surface area contributed by atoms with Gasteiger partial charge in [0.1, 0.15) is 5.69 Å². The van der Waals surface area contributed by atoms with Crippen molar-refractivity contribution in [2.24, 2.45) is 0 Å². The summed E-state index contributed by atoms with van der Waals surface area (Å²) in [5.74, 6) is -0.256. The average molecular weight is 326 g/mol. The first-order valence-electron chi connectivity index (χ1n) is 8.14. The van der Waals surface area contributed by atoms with Gasteiger partial charge in [0.2, 0.25) is 0 Å². The van der Waals surface area contributed by atoms with E-state index >= 15 is 0 Å². The monoisotopic (exact) mass is 326 g/mol. The molecule has 2 heterocycles. The lowest BCUT2D eigenvalue weighted by Crippen LogP contribution is -2.44. The molecule has 0 bridgehead atoms. The predicted molar refractivity (Wildman–Crippen MR) is 91.7 cm³/mol. The van der Waals surface area contributed by atoms with Crippen LogP contribution in [-0.2, 0) is 11.3 Å². The number of morpholine rings is 1. The quantitative estimate of drug-likeness (QED) is 0.934. The molecule has 3 rings (SSSR count). The normalized spacial score (nSPS) is 21.4. The van der Waals surface area contributed by atoms with Gasteiger partial charge in [-0.05, 0) is 31.5 Å². The van der Waals surface area contributed by atoms with Crippen molar-refractivity contribution in [3.63, 3.8) is 0 Å². The first kappa shape index (κ1) is 16.5. The fourth-order valence-corrected chi connectivity index (χ4v) is 3.03. The Morgan fingerprint density at radius 1 is 1.29 bits per heavy atom. The molecule has 1 aliphatic heterocycles. The summed E-state index contributed by atoms with van der Waals surface area (Å²) in [5.41, 5.74) is 2.23. The maximum Gasteiger partial charge on any atom is 0.275 e. The van der Waals surface area contributed by atoms with Gasteiger partial charge in [0, 0.05) is 37.7 Å². The van der Waals surface area contributed by atoms with Crippen LogP contribution < -0.4 is 5.32 Å². The van der Waals surface area contributed by atoms with Crippen LogP contribution in [0.4, 0.5) is 5.69 Å².